The summed E-state index contributed by atoms with van der Waals surface area (Å²) >= 11 is 1.01. The third-order valence-corrected chi connectivity index (χ3v) is 6.22. The van der Waals surface area contributed by atoms with E-state index in [0.29, 0.717) is 13.1 Å². The first-order valence-electron chi connectivity index (χ1n) is 5.92. The van der Waals surface area contributed by atoms with Crippen molar-refractivity contribution in [3.8, 4) is 0 Å². The molecule has 9 heteroatoms. The lowest BCUT2D eigenvalue weighted by molar-refractivity contribution is 0.0602. The summed E-state index contributed by atoms with van der Waals surface area (Å²) in [5, 5.41) is 14.2. The zero-order chi connectivity index (χ0) is 14.9. The predicted molar refractivity (Wildman–Crippen MR) is 73.3 cm³/mol. The van der Waals surface area contributed by atoms with Crippen LogP contribution in [-0.4, -0.2) is 63.2 Å². The van der Waals surface area contributed by atoms with E-state index in [1.807, 2.05) is 0 Å². The minimum absolute atomic E-state index is 0.0415. The van der Waals surface area contributed by atoms with E-state index in [2.05, 4.69) is 10.1 Å². The molecular weight excluding hydrogens is 304 g/mol. The number of esters is 1. The maximum Gasteiger partial charge on any atom is 0.349 e. The van der Waals surface area contributed by atoms with Crippen LogP contribution in [-0.2, 0) is 14.8 Å². The molecule has 1 aliphatic heterocycles. The lowest BCUT2D eigenvalue weighted by atomic mass is 10.2. The van der Waals surface area contributed by atoms with E-state index in [9.17, 15) is 18.3 Å². The SMILES string of the molecule is COC(=O)c1sccc1S(=O)(=O)N(C)[C@@H]1CNC[C@H]1O. The monoisotopic (exact) mass is 320 g/mol. The van der Waals surface area contributed by atoms with Gasteiger partial charge in [-0.2, -0.15) is 4.31 Å². The van der Waals surface area contributed by atoms with Gasteiger partial charge in [-0.1, -0.05) is 0 Å². The molecule has 7 nitrogen and oxygen atoms in total. The summed E-state index contributed by atoms with van der Waals surface area (Å²) in [7, 11) is -1.26. The van der Waals surface area contributed by atoms with Crippen LogP contribution in [0.5, 0.6) is 0 Å². The minimum atomic E-state index is -3.85. The Morgan fingerprint density at radius 3 is 2.80 bits per heavy atom. The summed E-state index contributed by atoms with van der Waals surface area (Å²) in [4.78, 5) is 11.5. The third-order valence-electron chi connectivity index (χ3n) is 3.28. The van der Waals surface area contributed by atoms with E-state index in [0.717, 1.165) is 15.6 Å². The van der Waals surface area contributed by atoms with Crippen molar-refractivity contribution >= 4 is 27.3 Å². The Balaban J connectivity index is 2.35. The summed E-state index contributed by atoms with van der Waals surface area (Å²) in [6, 6.07) is 0.822. The number of rotatable bonds is 4. The Morgan fingerprint density at radius 2 is 2.25 bits per heavy atom. The van der Waals surface area contributed by atoms with Crippen LogP contribution >= 0.6 is 11.3 Å². The molecule has 0 unspecified atom stereocenters. The number of carbonyl (C=O) groups excluding carboxylic acids is 1. The van der Waals surface area contributed by atoms with E-state index in [1.54, 1.807) is 0 Å². The molecular formula is C11H16N2O5S2. The zero-order valence-electron chi connectivity index (χ0n) is 11.1. The lowest BCUT2D eigenvalue weighted by Crippen LogP contribution is -2.44. The number of aliphatic hydroxyl groups excluding tert-OH is 1. The van der Waals surface area contributed by atoms with E-state index in [4.69, 9.17) is 0 Å². The zero-order valence-corrected chi connectivity index (χ0v) is 12.7. The van der Waals surface area contributed by atoms with Crippen molar-refractivity contribution in [1.29, 1.82) is 0 Å². The van der Waals surface area contributed by atoms with Gasteiger partial charge in [0.15, 0.2) is 0 Å². The quantitative estimate of drug-likeness (QED) is 0.725. The second-order valence-corrected chi connectivity index (χ2v) is 7.30. The molecule has 0 aliphatic carbocycles. The Morgan fingerprint density at radius 1 is 1.55 bits per heavy atom. The second kappa shape index (κ2) is 5.78. The smallest absolute Gasteiger partial charge is 0.349 e. The molecule has 112 valence electrons. The van der Waals surface area contributed by atoms with Gasteiger partial charge in [0, 0.05) is 20.1 Å². The van der Waals surface area contributed by atoms with Crippen LogP contribution in [0.15, 0.2) is 16.3 Å². The molecule has 1 aliphatic rings. The average molecular weight is 320 g/mol. The number of hydrogen-bond donors (Lipinski definition) is 2. The molecule has 0 amide bonds. The Hall–Kier alpha value is -1.00. The van der Waals surface area contributed by atoms with Gasteiger partial charge in [-0.25, -0.2) is 13.2 Å². The molecule has 1 aromatic heterocycles. The molecule has 1 aromatic rings. The van der Waals surface area contributed by atoms with Gasteiger partial charge < -0.3 is 15.2 Å². The summed E-state index contributed by atoms with van der Waals surface area (Å²) in [5.74, 6) is -0.683. The first-order chi connectivity index (χ1) is 9.39. The molecule has 2 rings (SSSR count). The molecule has 0 saturated carbocycles. The molecule has 0 radical (unpaired) electrons. The normalized spacial score (nSPS) is 23.2. The fourth-order valence-corrected chi connectivity index (χ4v) is 4.79. The third kappa shape index (κ3) is 2.59. The van der Waals surface area contributed by atoms with Gasteiger partial charge in [0.25, 0.3) is 0 Å². The van der Waals surface area contributed by atoms with Crippen molar-refractivity contribution in [2.45, 2.75) is 17.0 Å². The number of carbonyl (C=O) groups is 1. The van der Waals surface area contributed by atoms with Gasteiger partial charge in [0.1, 0.15) is 9.77 Å². The number of nitrogens with zero attached hydrogens (tertiary/aromatic N) is 1. The van der Waals surface area contributed by atoms with Crippen molar-refractivity contribution in [3.05, 3.63) is 16.3 Å². The fraction of sp³-hybridized carbons (Fsp3) is 0.545. The number of aliphatic hydroxyl groups is 1. The largest absolute Gasteiger partial charge is 0.465 e. The summed E-state index contributed by atoms with van der Waals surface area (Å²) < 4.78 is 30.8. The van der Waals surface area contributed by atoms with Crippen LogP contribution in [0.1, 0.15) is 9.67 Å². The van der Waals surface area contributed by atoms with Crippen LogP contribution in [0.2, 0.25) is 0 Å². The first-order valence-corrected chi connectivity index (χ1v) is 8.24. The van der Waals surface area contributed by atoms with Crippen LogP contribution in [0.3, 0.4) is 0 Å². The number of hydrogen-bond acceptors (Lipinski definition) is 7. The molecule has 1 saturated heterocycles. The lowest BCUT2D eigenvalue weighted by Gasteiger charge is -2.25. The van der Waals surface area contributed by atoms with Crippen molar-refractivity contribution in [2.75, 3.05) is 27.2 Å². The van der Waals surface area contributed by atoms with Crippen molar-refractivity contribution in [3.63, 3.8) is 0 Å². The number of nitrogens with one attached hydrogen (secondary N) is 1. The summed E-state index contributed by atoms with van der Waals surface area (Å²) in [5.41, 5.74) is 0. The topological polar surface area (TPSA) is 95.9 Å². The van der Waals surface area contributed by atoms with Crippen LogP contribution in [0.25, 0.3) is 0 Å². The van der Waals surface area contributed by atoms with Gasteiger partial charge in [-0.15, -0.1) is 11.3 Å². The molecule has 1 fully saturated rings. The highest BCUT2D eigenvalue weighted by Gasteiger charge is 2.37. The highest BCUT2D eigenvalue weighted by Crippen LogP contribution is 2.27. The number of thiophene rings is 1. The van der Waals surface area contributed by atoms with Crippen LogP contribution in [0, 0.1) is 0 Å². The number of likely N-dealkylation sites (N-methyl/N-ethyl adjacent to an activating group) is 1. The average Bonchev–Trinajstić information content (AvgIpc) is 3.05. The second-order valence-electron chi connectivity index (χ2n) is 4.42. The molecule has 0 aromatic carbocycles. The summed E-state index contributed by atoms with van der Waals surface area (Å²) in [6.45, 7) is 0.715. The molecule has 0 bridgehead atoms. The Bertz CT molecular complexity index is 598. The molecule has 0 spiro atoms. The fourth-order valence-electron chi connectivity index (χ4n) is 2.10. The van der Waals surface area contributed by atoms with E-state index < -0.39 is 28.1 Å². The number of methoxy groups -OCH3 is 1. The molecule has 2 atom stereocenters. The van der Waals surface area contributed by atoms with Gasteiger partial charge in [-0.05, 0) is 11.4 Å². The van der Waals surface area contributed by atoms with E-state index >= 15 is 0 Å². The van der Waals surface area contributed by atoms with E-state index in [-0.39, 0.29) is 9.77 Å². The van der Waals surface area contributed by atoms with Crippen LogP contribution < -0.4 is 5.32 Å². The van der Waals surface area contributed by atoms with Crippen LogP contribution in [0.4, 0.5) is 0 Å². The highest BCUT2D eigenvalue weighted by atomic mass is 32.2. The maximum atomic E-state index is 12.6. The number of β-amino-alcohol motifs (C(OH)–C–C–N with tert-alkyl or cyclic N) is 1. The van der Waals surface area contributed by atoms with Crippen molar-refractivity contribution < 1.29 is 23.1 Å². The van der Waals surface area contributed by atoms with Gasteiger partial charge >= 0.3 is 5.97 Å². The summed E-state index contributed by atoms with van der Waals surface area (Å²) in [6.07, 6.45) is -0.769. The number of sulfonamides is 1. The molecule has 2 heterocycles. The first kappa shape index (κ1) is 15.4. The maximum absolute atomic E-state index is 12.6. The Labute approximate surface area is 121 Å². The minimum Gasteiger partial charge on any atom is -0.465 e. The standard InChI is InChI=1S/C11H16N2O5S2/c1-13(7-5-12-6-8(7)14)20(16,17)9-3-4-19-10(9)11(15)18-2/h3-4,7-8,12,14H,5-6H2,1-2H3/t7-,8-/m1/s1. The van der Waals surface area contributed by atoms with Crippen molar-refractivity contribution in [1.82, 2.24) is 9.62 Å². The van der Waals surface area contributed by atoms with Gasteiger partial charge in [0.2, 0.25) is 10.0 Å². The molecule has 2 N–H and O–H groups in total. The van der Waals surface area contributed by atoms with Crippen molar-refractivity contribution in [2.24, 2.45) is 0 Å². The van der Waals surface area contributed by atoms with Gasteiger partial charge in [-0.3, -0.25) is 0 Å². The molecule has 20 heavy (non-hydrogen) atoms. The number of ether oxygens (including phenoxy) is 1. The van der Waals surface area contributed by atoms with Gasteiger partial charge in [0.05, 0.1) is 19.3 Å². The van der Waals surface area contributed by atoms with E-state index in [1.165, 1.54) is 25.6 Å². The Kier molecular flexibility index (Phi) is 4.45. The predicted octanol–water partition coefficient (Wildman–Crippen LogP) is -0.512. The highest BCUT2D eigenvalue weighted by molar-refractivity contribution is 7.89.